The van der Waals surface area contributed by atoms with Crippen molar-refractivity contribution >= 4 is 23.3 Å². The molecule has 6 nitrogen and oxygen atoms in total. The molecule has 0 N–H and O–H groups in total. The first-order valence-electron chi connectivity index (χ1n) is 11.3. The highest BCUT2D eigenvalue weighted by atomic mass is 16.6. The lowest BCUT2D eigenvalue weighted by Crippen LogP contribution is -2.51. The molecule has 1 saturated heterocycles. The zero-order valence-electron chi connectivity index (χ0n) is 19.1. The molecule has 168 valence electrons. The third kappa shape index (κ3) is 4.41. The Labute approximate surface area is 190 Å². The molecule has 2 heterocycles. The molecule has 2 aliphatic rings. The van der Waals surface area contributed by atoms with Crippen LogP contribution in [0.5, 0.6) is 0 Å². The highest BCUT2D eigenvalue weighted by molar-refractivity contribution is 6.10. The quantitative estimate of drug-likeness (QED) is 0.722. The maximum Gasteiger partial charge on any atom is 0.409 e. The number of fused-ring (bicyclic) bond motifs is 1. The van der Waals surface area contributed by atoms with E-state index in [2.05, 4.69) is 30.9 Å². The van der Waals surface area contributed by atoms with Crippen LogP contribution in [-0.2, 0) is 4.74 Å². The van der Waals surface area contributed by atoms with E-state index in [1.54, 1.807) is 4.90 Å². The van der Waals surface area contributed by atoms with Gasteiger partial charge in [-0.15, -0.1) is 0 Å². The van der Waals surface area contributed by atoms with Crippen LogP contribution in [0.4, 0.5) is 10.5 Å². The average molecular weight is 434 g/mol. The zero-order valence-corrected chi connectivity index (χ0v) is 19.1. The number of piperazine rings is 1. The third-order valence-corrected chi connectivity index (χ3v) is 6.11. The van der Waals surface area contributed by atoms with Gasteiger partial charge in [0, 0.05) is 43.9 Å². The van der Waals surface area contributed by atoms with E-state index < -0.39 is 5.54 Å². The summed E-state index contributed by atoms with van der Waals surface area (Å²) in [6, 6.07) is 17.6. The molecule has 6 heteroatoms. The topological polar surface area (TPSA) is 53.1 Å². The van der Waals surface area contributed by atoms with Gasteiger partial charge in [-0.1, -0.05) is 42.5 Å². The SMILES string of the molecule is CCOC(=O)N1CCN(CC2=CC(C)(C)N(C(=O)c3ccccc3)c3ccccc32)CC1. The number of nitrogens with zero attached hydrogens (tertiary/aromatic N) is 3. The van der Waals surface area contributed by atoms with Gasteiger partial charge in [0.25, 0.3) is 5.91 Å². The highest BCUT2D eigenvalue weighted by Crippen LogP contribution is 2.40. The molecule has 0 aromatic heterocycles. The predicted molar refractivity (Wildman–Crippen MR) is 127 cm³/mol. The second-order valence-corrected chi connectivity index (χ2v) is 8.81. The monoisotopic (exact) mass is 433 g/mol. The summed E-state index contributed by atoms with van der Waals surface area (Å²) in [6.45, 7) is 10.1. The molecule has 2 aliphatic heterocycles. The van der Waals surface area contributed by atoms with Crippen molar-refractivity contribution in [3.63, 3.8) is 0 Å². The van der Waals surface area contributed by atoms with Gasteiger partial charge in [0.1, 0.15) is 0 Å². The summed E-state index contributed by atoms with van der Waals surface area (Å²) >= 11 is 0. The summed E-state index contributed by atoms with van der Waals surface area (Å²) in [4.78, 5) is 31.5. The van der Waals surface area contributed by atoms with Crippen LogP contribution < -0.4 is 4.90 Å². The Bertz CT molecular complexity index is 1010. The van der Waals surface area contributed by atoms with Gasteiger partial charge in [-0.3, -0.25) is 14.6 Å². The molecule has 0 atom stereocenters. The van der Waals surface area contributed by atoms with E-state index in [-0.39, 0.29) is 12.0 Å². The second kappa shape index (κ2) is 9.17. The number of carbonyl (C=O) groups excluding carboxylic acids is 2. The average Bonchev–Trinajstić information content (AvgIpc) is 2.79. The lowest BCUT2D eigenvalue weighted by atomic mass is 9.87. The van der Waals surface area contributed by atoms with Gasteiger partial charge in [-0.2, -0.15) is 0 Å². The molecule has 0 aliphatic carbocycles. The van der Waals surface area contributed by atoms with E-state index in [9.17, 15) is 9.59 Å². The molecule has 0 radical (unpaired) electrons. The molecule has 2 aromatic rings. The number of hydrogen-bond donors (Lipinski definition) is 0. The number of rotatable bonds is 4. The summed E-state index contributed by atoms with van der Waals surface area (Å²) in [5.74, 6) is 0.00130. The lowest BCUT2D eigenvalue weighted by Gasteiger charge is -2.43. The minimum Gasteiger partial charge on any atom is -0.450 e. The molecule has 0 spiro atoms. The van der Waals surface area contributed by atoms with Crippen molar-refractivity contribution in [3.8, 4) is 0 Å². The Morgan fingerprint density at radius 1 is 0.938 bits per heavy atom. The molecule has 2 aromatic carbocycles. The van der Waals surface area contributed by atoms with Gasteiger partial charge in [-0.05, 0) is 44.5 Å². The lowest BCUT2D eigenvalue weighted by molar-refractivity contribution is 0.0829. The number of para-hydroxylation sites is 1. The maximum atomic E-state index is 13.5. The Hall–Kier alpha value is -3.12. The standard InChI is InChI=1S/C26H31N3O3/c1-4-32-25(31)28-16-14-27(15-17-28)19-21-18-26(2,3)29(23-13-9-8-12-22(21)23)24(30)20-10-6-5-7-11-20/h5-13,18H,4,14-17,19H2,1-3H3. The fourth-order valence-electron chi connectivity index (χ4n) is 4.58. The van der Waals surface area contributed by atoms with Gasteiger partial charge in [0.15, 0.2) is 0 Å². The normalized spacial score (nSPS) is 18.0. The van der Waals surface area contributed by atoms with Gasteiger partial charge < -0.3 is 9.64 Å². The van der Waals surface area contributed by atoms with Crippen molar-refractivity contribution in [1.82, 2.24) is 9.80 Å². The van der Waals surface area contributed by atoms with E-state index in [1.165, 1.54) is 5.57 Å². The van der Waals surface area contributed by atoms with Crippen LogP contribution in [0.15, 0.2) is 60.7 Å². The molecule has 0 unspecified atom stereocenters. The van der Waals surface area contributed by atoms with Gasteiger partial charge in [-0.25, -0.2) is 4.79 Å². The third-order valence-electron chi connectivity index (χ3n) is 6.11. The Kier molecular flexibility index (Phi) is 6.33. The van der Waals surface area contributed by atoms with E-state index in [0.29, 0.717) is 25.3 Å². The molecule has 0 saturated carbocycles. The summed E-state index contributed by atoms with van der Waals surface area (Å²) in [7, 11) is 0. The van der Waals surface area contributed by atoms with Crippen LogP contribution in [0.1, 0.15) is 36.7 Å². The number of carbonyl (C=O) groups is 2. The van der Waals surface area contributed by atoms with E-state index in [4.69, 9.17) is 4.74 Å². The summed E-state index contributed by atoms with van der Waals surface area (Å²) in [5.41, 5.74) is 3.45. The minimum atomic E-state index is -0.469. The molecule has 2 amide bonds. The van der Waals surface area contributed by atoms with Crippen LogP contribution in [-0.4, -0.2) is 66.7 Å². The molecule has 0 bridgehead atoms. The zero-order chi connectivity index (χ0) is 22.7. The fourth-order valence-corrected chi connectivity index (χ4v) is 4.58. The fraction of sp³-hybridized carbons (Fsp3) is 0.385. The first-order chi connectivity index (χ1) is 15.4. The van der Waals surface area contributed by atoms with Crippen molar-refractivity contribution in [2.24, 2.45) is 0 Å². The van der Waals surface area contributed by atoms with Crippen molar-refractivity contribution in [1.29, 1.82) is 0 Å². The largest absolute Gasteiger partial charge is 0.450 e. The molecular weight excluding hydrogens is 402 g/mol. The molecular formula is C26H31N3O3. The maximum absolute atomic E-state index is 13.5. The Morgan fingerprint density at radius 2 is 1.59 bits per heavy atom. The van der Waals surface area contributed by atoms with Crippen LogP contribution >= 0.6 is 0 Å². The van der Waals surface area contributed by atoms with Crippen molar-refractivity contribution in [3.05, 3.63) is 71.8 Å². The van der Waals surface area contributed by atoms with Gasteiger partial charge in [0.05, 0.1) is 17.8 Å². The number of ether oxygens (including phenoxy) is 1. The van der Waals surface area contributed by atoms with E-state index in [1.807, 2.05) is 60.4 Å². The summed E-state index contributed by atoms with van der Waals surface area (Å²) in [5, 5.41) is 0. The Morgan fingerprint density at radius 3 is 2.28 bits per heavy atom. The van der Waals surface area contributed by atoms with E-state index >= 15 is 0 Å². The van der Waals surface area contributed by atoms with Crippen LogP contribution in [0.2, 0.25) is 0 Å². The number of benzene rings is 2. The molecule has 32 heavy (non-hydrogen) atoms. The first-order valence-corrected chi connectivity index (χ1v) is 11.3. The highest BCUT2D eigenvalue weighted by Gasteiger charge is 2.37. The number of hydrogen-bond acceptors (Lipinski definition) is 4. The van der Waals surface area contributed by atoms with Crippen LogP contribution in [0.25, 0.3) is 5.57 Å². The van der Waals surface area contributed by atoms with Crippen molar-refractivity contribution in [2.75, 3.05) is 44.2 Å². The Balaban J connectivity index is 1.56. The van der Waals surface area contributed by atoms with Crippen LogP contribution in [0.3, 0.4) is 0 Å². The van der Waals surface area contributed by atoms with E-state index in [0.717, 1.165) is 30.9 Å². The van der Waals surface area contributed by atoms with Gasteiger partial charge in [0.2, 0.25) is 0 Å². The number of amides is 2. The molecule has 4 rings (SSSR count). The predicted octanol–water partition coefficient (Wildman–Crippen LogP) is 4.28. The second-order valence-electron chi connectivity index (χ2n) is 8.81. The summed E-state index contributed by atoms with van der Waals surface area (Å²) < 4.78 is 5.13. The smallest absolute Gasteiger partial charge is 0.409 e. The van der Waals surface area contributed by atoms with Gasteiger partial charge >= 0.3 is 6.09 Å². The summed E-state index contributed by atoms with van der Waals surface area (Å²) in [6.07, 6.45) is 1.99. The minimum absolute atomic E-state index is 0.00130. The molecule has 1 fully saturated rings. The first kappa shape index (κ1) is 22.1. The van der Waals surface area contributed by atoms with Crippen LogP contribution in [0, 0.1) is 0 Å². The van der Waals surface area contributed by atoms with Crippen molar-refractivity contribution in [2.45, 2.75) is 26.3 Å². The van der Waals surface area contributed by atoms with Crippen molar-refractivity contribution < 1.29 is 14.3 Å². The number of anilines is 1.